The van der Waals surface area contributed by atoms with Gasteiger partial charge in [-0.25, -0.2) is 0 Å². The largest absolute Gasteiger partial charge is 0.309 e. The first kappa shape index (κ1) is 23.2. The summed E-state index contributed by atoms with van der Waals surface area (Å²) >= 11 is 1.88. The number of para-hydroxylation sites is 2. The number of hydrogen-bond acceptors (Lipinski definition) is 1. The number of thiophene rings is 1. The standard InChI is InChI=1S/C40H24N2S/c1-3-12-26(13-4-1)41-33-21-19-25-11-7-8-16-28(25)38(33)32-24-34-31(23-35(32)41)29-20-22-37-39(30-17-9-10-18-36(30)43-37)40(29)42(34)27-14-5-2-6-15-27/h1-24H. The van der Waals surface area contributed by atoms with E-state index in [0.29, 0.717) is 0 Å². The highest BCUT2D eigenvalue weighted by atomic mass is 32.1. The van der Waals surface area contributed by atoms with Gasteiger partial charge in [-0.15, -0.1) is 11.3 Å². The van der Waals surface area contributed by atoms with Gasteiger partial charge in [0.2, 0.25) is 0 Å². The van der Waals surface area contributed by atoms with Crippen molar-refractivity contribution in [3.05, 3.63) is 146 Å². The second-order valence-electron chi connectivity index (χ2n) is 11.3. The number of aromatic nitrogens is 2. The lowest BCUT2D eigenvalue weighted by atomic mass is 10.0. The molecule has 0 radical (unpaired) electrons. The van der Waals surface area contributed by atoms with E-state index >= 15 is 0 Å². The van der Waals surface area contributed by atoms with E-state index in [9.17, 15) is 0 Å². The molecular weight excluding hydrogens is 541 g/mol. The smallest absolute Gasteiger partial charge is 0.0634 e. The predicted octanol–water partition coefficient (Wildman–Crippen LogP) is 11.4. The Morgan fingerprint density at radius 2 is 1.02 bits per heavy atom. The van der Waals surface area contributed by atoms with Crippen molar-refractivity contribution in [2.45, 2.75) is 0 Å². The normalized spacial score (nSPS) is 12.2. The zero-order valence-corrected chi connectivity index (χ0v) is 24.0. The highest BCUT2D eigenvalue weighted by molar-refractivity contribution is 7.26. The Morgan fingerprint density at radius 3 is 1.84 bits per heavy atom. The van der Waals surface area contributed by atoms with Crippen LogP contribution >= 0.6 is 11.3 Å². The van der Waals surface area contributed by atoms with Gasteiger partial charge >= 0.3 is 0 Å². The molecule has 0 N–H and O–H groups in total. The Balaban J connectivity index is 1.48. The molecule has 10 rings (SSSR count). The quantitative estimate of drug-likeness (QED) is 0.198. The summed E-state index contributed by atoms with van der Waals surface area (Å²) in [5.74, 6) is 0. The lowest BCUT2D eigenvalue weighted by Crippen LogP contribution is -1.94. The molecule has 0 aliphatic carbocycles. The van der Waals surface area contributed by atoms with Gasteiger partial charge < -0.3 is 9.13 Å². The van der Waals surface area contributed by atoms with Crippen LogP contribution in [-0.2, 0) is 0 Å². The van der Waals surface area contributed by atoms with E-state index in [-0.39, 0.29) is 0 Å². The van der Waals surface area contributed by atoms with Crippen molar-refractivity contribution in [3.8, 4) is 11.4 Å². The number of benzene rings is 7. The zero-order valence-electron chi connectivity index (χ0n) is 23.2. The van der Waals surface area contributed by atoms with Crippen molar-refractivity contribution in [3.63, 3.8) is 0 Å². The summed E-state index contributed by atoms with van der Waals surface area (Å²) in [5, 5.41) is 10.3. The summed E-state index contributed by atoms with van der Waals surface area (Å²) in [5.41, 5.74) is 7.33. The van der Waals surface area contributed by atoms with Gasteiger partial charge in [0.15, 0.2) is 0 Å². The van der Waals surface area contributed by atoms with E-state index < -0.39 is 0 Å². The molecule has 0 fully saturated rings. The average molecular weight is 565 g/mol. The molecule has 3 heteroatoms. The van der Waals surface area contributed by atoms with E-state index in [1.165, 1.54) is 85.9 Å². The third-order valence-corrected chi connectivity index (χ3v) is 10.2. The highest BCUT2D eigenvalue weighted by Crippen LogP contribution is 2.45. The van der Waals surface area contributed by atoms with Crippen LogP contribution in [0.15, 0.2) is 146 Å². The summed E-state index contributed by atoms with van der Waals surface area (Å²) in [4.78, 5) is 0. The molecule has 0 saturated heterocycles. The molecule has 2 nitrogen and oxygen atoms in total. The highest BCUT2D eigenvalue weighted by Gasteiger charge is 2.22. The first-order chi connectivity index (χ1) is 21.3. The maximum absolute atomic E-state index is 2.50. The lowest BCUT2D eigenvalue weighted by Gasteiger charge is -2.09. The van der Waals surface area contributed by atoms with Gasteiger partial charge in [0, 0.05) is 53.1 Å². The third-order valence-electron chi connectivity index (χ3n) is 9.07. The minimum absolute atomic E-state index is 1.18. The number of rotatable bonds is 2. The third kappa shape index (κ3) is 3.12. The van der Waals surface area contributed by atoms with Gasteiger partial charge in [0.05, 0.1) is 22.1 Å². The van der Waals surface area contributed by atoms with Crippen LogP contribution in [0, 0.1) is 0 Å². The summed E-state index contributed by atoms with van der Waals surface area (Å²) in [6.07, 6.45) is 0. The zero-order chi connectivity index (χ0) is 28.1. The topological polar surface area (TPSA) is 9.86 Å². The summed E-state index contributed by atoms with van der Waals surface area (Å²) in [6.45, 7) is 0. The van der Waals surface area contributed by atoms with Gasteiger partial charge in [0.1, 0.15) is 0 Å². The maximum Gasteiger partial charge on any atom is 0.0634 e. The second-order valence-corrected chi connectivity index (χ2v) is 12.4. The molecule has 43 heavy (non-hydrogen) atoms. The van der Waals surface area contributed by atoms with E-state index in [0.717, 1.165) is 0 Å². The Hall–Kier alpha value is -5.38. The van der Waals surface area contributed by atoms with Gasteiger partial charge in [-0.3, -0.25) is 0 Å². The van der Waals surface area contributed by atoms with Crippen molar-refractivity contribution in [1.82, 2.24) is 9.13 Å². The maximum atomic E-state index is 2.50. The number of hydrogen-bond donors (Lipinski definition) is 0. The molecule has 0 spiro atoms. The molecule has 10 aromatic rings. The van der Waals surface area contributed by atoms with Crippen LogP contribution < -0.4 is 0 Å². The van der Waals surface area contributed by atoms with Crippen molar-refractivity contribution < 1.29 is 0 Å². The van der Waals surface area contributed by atoms with E-state index in [4.69, 9.17) is 0 Å². The van der Waals surface area contributed by atoms with Crippen LogP contribution in [0.2, 0.25) is 0 Å². The lowest BCUT2D eigenvalue weighted by molar-refractivity contribution is 1.18. The Morgan fingerprint density at radius 1 is 0.372 bits per heavy atom. The fourth-order valence-electron chi connectivity index (χ4n) is 7.29. The molecule has 0 amide bonds. The van der Waals surface area contributed by atoms with Crippen molar-refractivity contribution in [2.24, 2.45) is 0 Å². The van der Waals surface area contributed by atoms with Gasteiger partial charge in [-0.1, -0.05) is 91.0 Å². The second kappa shape index (κ2) is 8.57. The molecular formula is C40H24N2S. The van der Waals surface area contributed by atoms with E-state index in [1.54, 1.807) is 0 Å². The van der Waals surface area contributed by atoms with Crippen molar-refractivity contribution in [1.29, 1.82) is 0 Å². The molecule has 3 heterocycles. The summed E-state index contributed by atoms with van der Waals surface area (Å²) in [7, 11) is 0. The van der Waals surface area contributed by atoms with Gasteiger partial charge in [-0.2, -0.15) is 0 Å². The van der Waals surface area contributed by atoms with Crippen LogP contribution in [-0.4, -0.2) is 9.13 Å². The van der Waals surface area contributed by atoms with Crippen molar-refractivity contribution >= 4 is 85.9 Å². The predicted molar refractivity (Wildman–Crippen MR) is 186 cm³/mol. The Labute approximate surface area is 251 Å². The fraction of sp³-hybridized carbons (Fsp3) is 0. The van der Waals surface area contributed by atoms with E-state index in [2.05, 4.69) is 155 Å². The minimum Gasteiger partial charge on any atom is -0.309 e. The molecule has 0 atom stereocenters. The van der Waals surface area contributed by atoms with Crippen LogP contribution in [0.5, 0.6) is 0 Å². The molecule has 200 valence electrons. The molecule has 0 unspecified atom stereocenters. The van der Waals surface area contributed by atoms with E-state index in [1.807, 2.05) is 11.3 Å². The van der Waals surface area contributed by atoms with Gasteiger partial charge in [0.25, 0.3) is 0 Å². The summed E-state index contributed by atoms with van der Waals surface area (Å²) in [6, 6.07) is 53.4. The SMILES string of the molecule is c1ccc(-n2c3cc4c5ccc6sc7ccccc7c6c5n(-c5ccccc5)c4cc3c3c4ccccc4ccc32)cc1. The Kier molecular flexibility index (Phi) is 4.63. The molecule has 0 saturated carbocycles. The summed E-state index contributed by atoms with van der Waals surface area (Å²) < 4.78 is 7.60. The number of nitrogens with zero attached hydrogens (tertiary/aromatic N) is 2. The van der Waals surface area contributed by atoms with Gasteiger partial charge in [-0.05, 0) is 65.4 Å². The average Bonchev–Trinajstić information content (AvgIpc) is 3.71. The van der Waals surface area contributed by atoms with Crippen LogP contribution in [0.4, 0.5) is 0 Å². The first-order valence-electron chi connectivity index (χ1n) is 14.7. The fourth-order valence-corrected chi connectivity index (χ4v) is 8.40. The molecule has 0 bridgehead atoms. The Bertz CT molecular complexity index is 2710. The monoisotopic (exact) mass is 564 g/mol. The minimum atomic E-state index is 1.18. The number of fused-ring (bicyclic) bond motifs is 12. The molecule has 7 aromatic carbocycles. The van der Waals surface area contributed by atoms with Crippen LogP contribution in [0.3, 0.4) is 0 Å². The molecule has 3 aromatic heterocycles. The molecule has 0 aliphatic rings. The molecule has 0 aliphatic heterocycles. The first-order valence-corrected chi connectivity index (χ1v) is 15.5. The van der Waals surface area contributed by atoms with Crippen molar-refractivity contribution in [2.75, 3.05) is 0 Å². The van der Waals surface area contributed by atoms with Crippen LogP contribution in [0.25, 0.3) is 85.9 Å². The van der Waals surface area contributed by atoms with Crippen LogP contribution in [0.1, 0.15) is 0 Å².